The summed E-state index contributed by atoms with van der Waals surface area (Å²) in [5.74, 6) is -3.11. The van der Waals surface area contributed by atoms with Crippen LogP contribution in [0.15, 0.2) is 16.8 Å². The van der Waals surface area contributed by atoms with Crippen LogP contribution in [-0.2, 0) is 23.9 Å². The van der Waals surface area contributed by atoms with Gasteiger partial charge in [-0.3, -0.25) is 9.59 Å². The van der Waals surface area contributed by atoms with Crippen molar-refractivity contribution in [1.29, 1.82) is 0 Å². The highest BCUT2D eigenvalue weighted by Gasteiger charge is 2.45. The molecule has 0 saturated heterocycles. The fraction of sp³-hybridized carbons (Fsp3) is 0.625. The molecule has 9 N–H and O–H groups in total. The van der Waals surface area contributed by atoms with Gasteiger partial charge in [-0.25, -0.2) is 9.79 Å². The van der Waals surface area contributed by atoms with Crippen molar-refractivity contribution in [1.82, 2.24) is 10.6 Å². The van der Waals surface area contributed by atoms with Crippen molar-refractivity contribution in [3.8, 4) is 0 Å². The Morgan fingerprint density at radius 2 is 1.97 bits per heavy atom. The molecule has 0 bridgehead atoms. The first-order valence-electron chi connectivity index (χ1n) is 8.69. The number of nitrogens with zero attached hydrogens (tertiary/aromatic N) is 1. The first kappa shape index (κ1) is 24.1. The Kier molecular flexibility index (Phi) is 9.31. The Hall–Kier alpha value is -2.90. The van der Waals surface area contributed by atoms with E-state index in [-0.39, 0.29) is 25.0 Å². The zero-order chi connectivity index (χ0) is 22.1. The van der Waals surface area contributed by atoms with Crippen LogP contribution in [0.3, 0.4) is 0 Å². The van der Waals surface area contributed by atoms with Crippen LogP contribution in [0, 0.1) is 0 Å². The number of aliphatic hydroxyl groups is 2. The first-order valence-corrected chi connectivity index (χ1v) is 8.69. The number of nitrogens with two attached hydrogens (primary N) is 2. The Labute approximate surface area is 166 Å². The molecule has 1 aliphatic heterocycles. The number of aliphatic imine (C=N–C) groups is 1. The van der Waals surface area contributed by atoms with Gasteiger partial charge in [-0.1, -0.05) is 0 Å². The Morgan fingerprint density at radius 3 is 2.45 bits per heavy atom. The van der Waals surface area contributed by atoms with Gasteiger partial charge in [-0.05, 0) is 6.08 Å². The second-order valence-corrected chi connectivity index (χ2v) is 6.26. The molecule has 1 rings (SSSR count). The van der Waals surface area contributed by atoms with Crippen LogP contribution in [0.1, 0.15) is 13.8 Å². The molecular formula is C16H27N5O8. The number of hydrogen-bond acceptors (Lipinski definition) is 8. The number of hydrogen-bond donors (Lipinski definition) is 7. The third-order valence-electron chi connectivity index (χ3n) is 3.86. The molecular weight excluding hydrogens is 390 g/mol. The fourth-order valence-electron chi connectivity index (χ4n) is 2.75. The Morgan fingerprint density at radius 1 is 1.31 bits per heavy atom. The second kappa shape index (κ2) is 11.2. The van der Waals surface area contributed by atoms with Crippen molar-refractivity contribution < 1.29 is 39.2 Å². The highest BCUT2D eigenvalue weighted by molar-refractivity contribution is 5.85. The predicted molar refractivity (Wildman–Crippen MR) is 99.3 cm³/mol. The summed E-state index contributed by atoms with van der Waals surface area (Å²) in [6.07, 6.45) is -2.95. The summed E-state index contributed by atoms with van der Waals surface area (Å²) in [6, 6.07) is -2.06. The van der Waals surface area contributed by atoms with Crippen molar-refractivity contribution in [3.05, 3.63) is 11.8 Å². The maximum absolute atomic E-state index is 11.7. The number of aliphatic hydroxyl groups excluding tert-OH is 2. The average Bonchev–Trinajstić information content (AvgIpc) is 2.61. The molecule has 1 aliphatic rings. The van der Waals surface area contributed by atoms with E-state index in [1.54, 1.807) is 0 Å². The molecule has 0 aromatic carbocycles. The van der Waals surface area contributed by atoms with Crippen LogP contribution in [0.25, 0.3) is 0 Å². The monoisotopic (exact) mass is 417 g/mol. The van der Waals surface area contributed by atoms with Crippen LogP contribution in [0.4, 0.5) is 0 Å². The van der Waals surface area contributed by atoms with E-state index in [0.717, 1.165) is 6.08 Å². The molecule has 13 nitrogen and oxygen atoms in total. The largest absolute Gasteiger partial charge is 0.478 e. The third kappa shape index (κ3) is 7.56. The van der Waals surface area contributed by atoms with E-state index < -0.39 is 54.6 Å². The fourth-order valence-corrected chi connectivity index (χ4v) is 2.75. The van der Waals surface area contributed by atoms with Crippen LogP contribution in [-0.4, -0.2) is 89.2 Å². The average molecular weight is 417 g/mol. The molecule has 0 spiro atoms. The molecule has 164 valence electrons. The lowest BCUT2D eigenvalue weighted by atomic mass is 9.92. The summed E-state index contributed by atoms with van der Waals surface area (Å²) in [4.78, 5) is 38.1. The molecule has 29 heavy (non-hydrogen) atoms. The number of guanidine groups is 1. The maximum Gasteiger partial charge on any atom is 0.370 e. The zero-order valence-corrected chi connectivity index (χ0v) is 16.1. The van der Waals surface area contributed by atoms with Crippen LogP contribution < -0.4 is 22.1 Å². The number of ether oxygens (including phenoxy) is 2. The second-order valence-electron chi connectivity index (χ2n) is 6.26. The SMILES string of the molecule is CC(=O)NCCO[C@H]([C@@H]1OC(C(=O)O)=C[C@H](N=C(N)N)[C@H]1NC(C)=O)[C@H](O)CO. The molecule has 13 heteroatoms. The van der Waals surface area contributed by atoms with Crippen LogP contribution in [0.2, 0.25) is 0 Å². The predicted octanol–water partition coefficient (Wildman–Crippen LogP) is -3.63. The van der Waals surface area contributed by atoms with Crippen molar-refractivity contribution in [3.63, 3.8) is 0 Å². The van der Waals surface area contributed by atoms with E-state index in [9.17, 15) is 29.7 Å². The van der Waals surface area contributed by atoms with E-state index in [1.807, 2.05) is 0 Å². The highest BCUT2D eigenvalue weighted by atomic mass is 16.6. The summed E-state index contributed by atoms with van der Waals surface area (Å²) < 4.78 is 11.0. The van der Waals surface area contributed by atoms with Crippen molar-refractivity contribution in [2.24, 2.45) is 16.5 Å². The standard InChI is InChI=1S/C16H27N5O8/c1-7(23)19-3-4-28-13(10(25)6-22)14-12(20-8(2)24)9(21-16(17)18)5-11(29-14)15(26)27/h5,9-10,12-14,22,25H,3-4,6H2,1-2H3,(H,19,23)(H,20,24)(H,26,27)(H4,17,18,21)/t9-,10+,12+,13-,14+/m0/s1. The third-order valence-corrected chi connectivity index (χ3v) is 3.86. The van der Waals surface area contributed by atoms with E-state index in [4.69, 9.17) is 20.9 Å². The number of carboxylic acids is 1. The lowest BCUT2D eigenvalue weighted by Gasteiger charge is -2.40. The molecule has 0 unspecified atom stereocenters. The first-order chi connectivity index (χ1) is 13.6. The van der Waals surface area contributed by atoms with Gasteiger partial charge in [-0.15, -0.1) is 0 Å². The van der Waals surface area contributed by atoms with Crippen molar-refractivity contribution >= 4 is 23.7 Å². The smallest absolute Gasteiger partial charge is 0.370 e. The Bertz CT molecular complexity index is 664. The van der Waals surface area contributed by atoms with Gasteiger partial charge in [0.15, 0.2) is 12.1 Å². The van der Waals surface area contributed by atoms with Gasteiger partial charge in [0.1, 0.15) is 12.2 Å². The number of amides is 2. The van der Waals surface area contributed by atoms with Gasteiger partial charge < -0.3 is 46.9 Å². The molecule has 0 saturated carbocycles. The van der Waals surface area contributed by atoms with Crippen LogP contribution >= 0.6 is 0 Å². The summed E-state index contributed by atoms with van der Waals surface area (Å²) in [6.45, 7) is 1.78. The van der Waals surface area contributed by atoms with Gasteiger partial charge in [-0.2, -0.15) is 0 Å². The number of rotatable bonds is 10. The molecule has 1 heterocycles. The molecule has 0 aromatic rings. The molecule has 0 fully saturated rings. The minimum Gasteiger partial charge on any atom is -0.478 e. The number of aliphatic carboxylic acids is 1. The minimum absolute atomic E-state index is 0.0838. The zero-order valence-electron chi connectivity index (χ0n) is 16.1. The molecule has 2 amide bonds. The molecule has 0 aromatic heterocycles. The quantitative estimate of drug-likeness (QED) is 0.105. The minimum atomic E-state index is -1.50. The Balaban J connectivity index is 3.26. The highest BCUT2D eigenvalue weighted by Crippen LogP contribution is 2.26. The normalized spacial score (nSPS) is 23.0. The molecule has 5 atom stereocenters. The number of carboxylic acid groups (broad SMARTS) is 1. The summed E-state index contributed by atoms with van der Waals surface area (Å²) in [5, 5.41) is 34.0. The van der Waals surface area contributed by atoms with Crippen molar-refractivity contribution in [2.45, 2.75) is 44.2 Å². The number of carbonyl (C=O) groups excluding carboxylic acids is 2. The van der Waals surface area contributed by atoms with E-state index >= 15 is 0 Å². The van der Waals surface area contributed by atoms with Gasteiger partial charge >= 0.3 is 5.97 Å². The van der Waals surface area contributed by atoms with Gasteiger partial charge in [0, 0.05) is 20.4 Å². The van der Waals surface area contributed by atoms with Crippen LogP contribution in [0.5, 0.6) is 0 Å². The van der Waals surface area contributed by atoms with Gasteiger partial charge in [0.2, 0.25) is 17.6 Å². The topological polar surface area (TPSA) is 219 Å². The molecule has 0 aliphatic carbocycles. The van der Waals surface area contributed by atoms with E-state index in [1.165, 1.54) is 13.8 Å². The van der Waals surface area contributed by atoms with Gasteiger partial charge in [0.05, 0.1) is 25.3 Å². The summed E-state index contributed by atoms with van der Waals surface area (Å²) >= 11 is 0. The van der Waals surface area contributed by atoms with E-state index in [0.29, 0.717) is 0 Å². The lowest BCUT2D eigenvalue weighted by Crippen LogP contribution is -2.60. The molecule has 0 radical (unpaired) electrons. The lowest BCUT2D eigenvalue weighted by molar-refractivity contribution is -0.153. The number of nitrogens with one attached hydrogen (secondary N) is 2. The summed E-state index contributed by atoms with van der Waals surface area (Å²) in [7, 11) is 0. The van der Waals surface area contributed by atoms with E-state index in [2.05, 4.69) is 15.6 Å². The maximum atomic E-state index is 11.7. The summed E-state index contributed by atoms with van der Waals surface area (Å²) in [5.41, 5.74) is 10.8. The van der Waals surface area contributed by atoms with Gasteiger partial charge in [0.25, 0.3) is 0 Å². The van der Waals surface area contributed by atoms with Crippen molar-refractivity contribution in [2.75, 3.05) is 19.8 Å². The number of carbonyl (C=O) groups is 3.